The number of piperazine rings is 2. The number of carbonyl (C=O) groups excluding carboxylic acids is 5. The predicted octanol–water partition coefficient (Wildman–Crippen LogP) is 3.47. The molecule has 0 spiro atoms. The van der Waals surface area contributed by atoms with Gasteiger partial charge in [-0.2, -0.15) is 5.26 Å². The largest absolute Gasteiger partial charge is 0.368 e. The Labute approximate surface area is 299 Å². The Morgan fingerprint density at radius 2 is 1.63 bits per heavy atom. The normalized spacial score (nSPS) is 22.2. The van der Waals surface area contributed by atoms with E-state index in [-0.39, 0.29) is 42.1 Å². The predicted molar refractivity (Wildman–Crippen MR) is 190 cm³/mol. The number of imide groups is 2. The third kappa shape index (κ3) is 6.41. The smallest absolute Gasteiger partial charge is 0.322 e. The first-order chi connectivity index (χ1) is 24.5. The molecule has 3 fully saturated rings. The van der Waals surface area contributed by atoms with E-state index in [1.165, 1.54) is 0 Å². The van der Waals surface area contributed by atoms with Gasteiger partial charge in [-0.25, -0.2) is 9.78 Å². The fourth-order valence-electron chi connectivity index (χ4n) is 7.23. The van der Waals surface area contributed by atoms with Gasteiger partial charge in [-0.15, -0.1) is 0 Å². The lowest BCUT2D eigenvalue weighted by Crippen LogP contribution is -2.59. The average Bonchev–Trinajstić information content (AvgIpc) is 3.37. The van der Waals surface area contributed by atoms with Crippen LogP contribution in [-0.2, 0) is 9.59 Å². The molecular formula is C36H36ClN9O5. The number of hydrogen-bond donors (Lipinski definition) is 2. The molecule has 1 aromatic heterocycles. The zero-order chi connectivity index (χ0) is 36.0. The van der Waals surface area contributed by atoms with Crippen molar-refractivity contribution >= 4 is 64.1 Å². The fourth-order valence-corrected chi connectivity index (χ4v) is 7.45. The van der Waals surface area contributed by atoms with E-state index in [9.17, 15) is 29.2 Å². The number of carbonyl (C=O) groups is 5. The third-order valence-electron chi connectivity index (χ3n) is 10.0. The van der Waals surface area contributed by atoms with Crippen molar-refractivity contribution in [1.82, 2.24) is 20.1 Å². The summed E-state index contributed by atoms with van der Waals surface area (Å²) in [6.45, 7) is 7.79. The molecule has 5 heterocycles. The van der Waals surface area contributed by atoms with Gasteiger partial charge in [0.05, 0.1) is 33.6 Å². The van der Waals surface area contributed by atoms with Gasteiger partial charge in [0.2, 0.25) is 11.8 Å². The quantitative estimate of drug-likeness (QED) is 0.375. The van der Waals surface area contributed by atoms with Crippen LogP contribution in [0, 0.1) is 11.3 Å². The summed E-state index contributed by atoms with van der Waals surface area (Å²) >= 11 is 6.28. The Hall–Kier alpha value is -5.68. The number of nitrogens with one attached hydrogen (secondary N) is 2. The zero-order valence-electron chi connectivity index (χ0n) is 28.1. The lowest BCUT2D eigenvalue weighted by Gasteiger charge is -2.45. The monoisotopic (exact) mass is 709 g/mol. The molecule has 0 saturated carbocycles. The summed E-state index contributed by atoms with van der Waals surface area (Å²) in [5, 5.41) is 14.8. The second kappa shape index (κ2) is 13.6. The van der Waals surface area contributed by atoms with Gasteiger partial charge in [0, 0.05) is 69.1 Å². The van der Waals surface area contributed by atoms with Gasteiger partial charge >= 0.3 is 6.03 Å². The molecule has 2 aromatic carbocycles. The van der Waals surface area contributed by atoms with E-state index in [4.69, 9.17) is 11.6 Å². The lowest BCUT2D eigenvalue weighted by atomic mass is 10.0. The summed E-state index contributed by atoms with van der Waals surface area (Å²) in [6, 6.07) is 15.1. The number of benzene rings is 2. The first-order valence-corrected chi connectivity index (χ1v) is 17.3. The van der Waals surface area contributed by atoms with Crippen LogP contribution in [0.1, 0.15) is 53.0 Å². The van der Waals surface area contributed by atoms with Crippen LogP contribution in [0.3, 0.4) is 0 Å². The van der Waals surface area contributed by atoms with Crippen molar-refractivity contribution in [1.29, 1.82) is 5.26 Å². The van der Waals surface area contributed by atoms with E-state index >= 15 is 0 Å². The number of halogens is 1. The average molecular weight is 710 g/mol. The summed E-state index contributed by atoms with van der Waals surface area (Å²) in [7, 11) is 0. The van der Waals surface area contributed by atoms with Gasteiger partial charge in [-0.1, -0.05) is 11.6 Å². The van der Waals surface area contributed by atoms with Crippen molar-refractivity contribution in [2.75, 3.05) is 59.3 Å². The lowest BCUT2D eigenvalue weighted by molar-refractivity contribution is -0.136. The number of aromatic nitrogens is 1. The minimum absolute atomic E-state index is 0.0300. The molecule has 262 valence electrons. The van der Waals surface area contributed by atoms with Crippen molar-refractivity contribution < 1.29 is 24.0 Å². The molecule has 15 heteroatoms. The van der Waals surface area contributed by atoms with E-state index < -0.39 is 29.7 Å². The second-order valence-corrected chi connectivity index (χ2v) is 13.7. The van der Waals surface area contributed by atoms with Crippen LogP contribution in [0.4, 0.5) is 27.7 Å². The molecule has 7 rings (SSSR count). The number of hydrogen-bond acceptors (Lipinski definition) is 10. The summed E-state index contributed by atoms with van der Waals surface area (Å²) in [5.74, 6) is -1.32. The molecule has 3 saturated heterocycles. The van der Waals surface area contributed by atoms with Gasteiger partial charge in [0.1, 0.15) is 17.9 Å². The molecule has 4 aliphatic heterocycles. The number of nitriles is 1. The van der Waals surface area contributed by atoms with Gasteiger partial charge in [0.25, 0.3) is 11.8 Å². The van der Waals surface area contributed by atoms with Gasteiger partial charge in [0.15, 0.2) is 0 Å². The maximum absolute atomic E-state index is 13.3. The van der Waals surface area contributed by atoms with Crippen LogP contribution >= 0.6 is 11.6 Å². The third-order valence-corrected chi connectivity index (χ3v) is 10.4. The van der Waals surface area contributed by atoms with Gasteiger partial charge < -0.3 is 24.9 Å². The van der Waals surface area contributed by atoms with Crippen molar-refractivity contribution in [2.45, 2.75) is 44.8 Å². The van der Waals surface area contributed by atoms with Crippen LogP contribution in [0.2, 0.25) is 5.02 Å². The molecule has 0 aliphatic carbocycles. The highest BCUT2D eigenvalue weighted by atomic mass is 35.5. The van der Waals surface area contributed by atoms with Crippen LogP contribution in [-0.4, -0.2) is 102 Å². The van der Waals surface area contributed by atoms with Crippen LogP contribution in [0.5, 0.6) is 0 Å². The number of pyridine rings is 1. The molecule has 4 aliphatic rings. The van der Waals surface area contributed by atoms with Crippen molar-refractivity contribution in [3.8, 4) is 6.07 Å². The van der Waals surface area contributed by atoms with E-state index in [1.54, 1.807) is 30.5 Å². The molecular weight excluding hydrogens is 674 g/mol. The SMILES string of the molecule is C[C@@H]1CN(c2ccc(C#N)c(Cl)c2)[C@@H](C)CN1C(=O)Nc1ccc(N2CCN(c3ccc4c(c3)C(=O)N(C3CCC(=O)NC3=O)C4=O)CC2)nc1. The Balaban J connectivity index is 0.930. The highest BCUT2D eigenvalue weighted by Crippen LogP contribution is 2.32. The minimum Gasteiger partial charge on any atom is -0.368 e. The number of fused-ring (bicyclic) bond motifs is 1. The summed E-state index contributed by atoms with van der Waals surface area (Å²) in [6.07, 6.45) is 1.84. The second-order valence-electron chi connectivity index (χ2n) is 13.3. The topological polar surface area (TPSA) is 162 Å². The molecule has 1 unspecified atom stereocenters. The highest BCUT2D eigenvalue weighted by molar-refractivity contribution is 6.32. The molecule has 14 nitrogen and oxygen atoms in total. The van der Waals surface area contributed by atoms with E-state index in [2.05, 4.69) is 43.3 Å². The Bertz CT molecular complexity index is 1970. The van der Waals surface area contributed by atoms with Crippen LogP contribution < -0.4 is 25.3 Å². The molecule has 51 heavy (non-hydrogen) atoms. The molecule has 0 radical (unpaired) electrons. The first kappa shape index (κ1) is 33.8. The van der Waals surface area contributed by atoms with E-state index in [0.717, 1.165) is 22.1 Å². The molecule has 0 bridgehead atoms. The van der Waals surface area contributed by atoms with Crippen LogP contribution in [0.25, 0.3) is 0 Å². The van der Waals surface area contributed by atoms with E-state index in [0.29, 0.717) is 55.5 Å². The number of rotatable bonds is 5. The first-order valence-electron chi connectivity index (χ1n) is 16.9. The number of anilines is 4. The number of urea groups is 1. The van der Waals surface area contributed by atoms with Gasteiger partial charge in [-0.05, 0) is 68.8 Å². The fraction of sp³-hybridized carbons (Fsp3) is 0.361. The molecule has 3 aromatic rings. The van der Waals surface area contributed by atoms with Crippen molar-refractivity contribution in [3.05, 3.63) is 76.4 Å². The number of nitrogens with zero attached hydrogens (tertiary/aromatic N) is 7. The highest BCUT2D eigenvalue weighted by Gasteiger charge is 2.45. The van der Waals surface area contributed by atoms with Crippen molar-refractivity contribution in [2.24, 2.45) is 0 Å². The maximum Gasteiger partial charge on any atom is 0.322 e. The summed E-state index contributed by atoms with van der Waals surface area (Å²) < 4.78 is 0. The van der Waals surface area contributed by atoms with E-state index in [1.807, 2.05) is 36.1 Å². The number of piperidine rings is 1. The molecule has 2 N–H and O–H groups in total. The number of amides is 6. The van der Waals surface area contributed by atoms with Crippen molar-refractivity contribution in [3.63, 3.8) is 0 Å². The Kier molecular flexibility index (Phi) is 8.99. The summed E-state index contributed by atoms with van der Waals surface area (Å²) in [4.78, 5) is 77.5. The summed E-state index contributed by atoms with van der Waals surface area (Å²) in [5.41, 5.74) is 3.24. The minimum atomic E-state index is -1.00. The zero-order valence-corrected chi connectivity index (χ0v) is 28.9. The van der Waals surface area contributed by atoms with Crippen LogP contribution in [0.15, 0.2) is 54.7 Å². The Morgan fingerprint density at radius 1 is 0.902 bits per heavy atom. The maximum atomic E-state index is 13.3. The Morgan fingerprint density at radius 3 is 2.31 bits per heavy atom. The molecule has 6 amide bonds. The van der Waals surface area contributed by atoms with Gasteiger partial charge in [-0.3, -0.25) is 29.4 Å². The standard InChI is InChI=1S/C36H36ClN9O5/c1-21-20-45(22(2)19-44(21)26-5-3-23(17-38)29(37)16-26)36(51)40-24-4-9-31(39-18-24)43-13-11-42(12-14-43)25-6-7-27-28(15-25)35(50)46(34(27)49)30-8-10-32(47)41-33(30)48/h3-7,9,15-16,18,21-22,30H,8,10-14,19-20H2,1-2H3,(H,40,51)(H,41,47,48)/t21-,22+,30?/m0/s1. The molecule has 3 atom stereocenters.